The number of hydrogen-bond acceptors (Lipinski definition) is 3. The molecule has 0 aliphatic heterocycles. The minimum absolute atomic E-state index is 0.136. The number of carbonyl (C=O) groups is 1. The Kier molecular flexibility index (Phi) is 5.62. The van der Waals surface area contributed by atoms with Crippen LogP contribution in [0.5, 0.6) is 0 Å². The summed E-state index contributed by atoms with van der Waals surface area (Å²) in [5, 5.41) is 23.3. The van der Waals surface area contributed by atoms with Crippen LogP contribution in [-0.2, 0) is 16.6 Å². The summed E-state index contributed by atoms with van der Waals surface area (Å²) in [4.78, 5) is 12.2. The molecular weight excluding hydrogens is 350 g/mol. The summed E-state index contributed by atoms with van der Waals surface area (Å²) >= 11 is 0. The number of oxime groups is 1. The summed E-state index contributed by atoms with van der Waals surface area (Å²) in [6.45, 7) is 10.7. The van der Waals surface area contributed by atoms with E-state index in [0.29, 0.717) is 5.92 Å². The van der Waals surface area contributed by atoms with Gasteiger partial charge in [0.15, 0.2) is 0 Å². The monoisotopic (exact) mass is 385 g/mol. The third kappa shape index (κ3) is 3.15. The molecule has 1 fully saturated rings. The first kappa shape index (κ1) is 20.9. The van der Waals surface area contributed by atoms with E-state index in [-0.39, 0.29) is 11.3 Å². The second-order valence-corrected chi connectivity index (χ2v) is 9.63. The second-order valence-electron chi connectivity index (χ2n) is 9.63. The van der Waals surface area contributed by atoms with Gasteiger partial charge in [-0.1, -0.05) is 51.8 Å². The van der Waals surface area contributed by atoms with Crippen LogP contribution in [0.4, 0.5) is 0 Å². The highest BCUT2D eigenvalue weighted by Gasteiger charge is 2.55. The van der Waals surface area contributed by atoms with Gasteiger partial charge in [0.25, 0.3) is 0 Å². The van der Waals surface area contributed by atoms with E-state index >= 15 is 0 Å². The maximum atomic E-state index is 12.2. The molecule has 3 rings (SSSR count). The lowest BCUT2D eigenvalue weighted by atomic mass is 9.49. The molecule has 0 amide bonds. The van der Waals surface area contributed by atoms with Crippen molar-refractivity contribution in [1.29, 1.82) is 0 Å². The fourth-order valence-corrected chi connectivity index (χ4v) is 5.99. The lowest BCUT2D eigenvalue weighted by Gasteiger charge is -2.53. The van der Waals surface area contributed by atoms with E-state index in [9.17, 15) is 15.1 Å². The number of benzene rings is 1. The largest absolute Gasteiger partial charge is 0.481 e. The van der Waals surface area contributed by atoms with E-state index in [2.05, 4.69) is 45.0 Å². The summed E-state index contributed by atoms with van der Waals surface area (Å²) in [5.74, 6) is -0.179. The summed E-state index contributed by atoms with van der Waals surface area (Å²) < 4.78 is 0. The Hall–Kier alpha value is -1.84. The first-order chi connectivity index (χ1) is 13.2. The Bertz CT molecular complexity index is 797. The highest BCUT2D eigenvalue weighted by molar-refractivity contribution is 6.02. The Balaban J connectivity index is 2.19. The molecule has 1 saturated carbocycles. The second kappa shape index (κ2) is 7.53. The molecule has 0 aromatic heterocycles. The molecule has 28 heavy (non-hydrogen) atoms. The number of carboxylic acid groups (broad SMARTS) is 1. The van der Waals surface area contributed by atoms with Gasteiger partial charge >= 0.3 is 5.97 Å². The number of nitrogens with zero attached hydrogens (tertiary/aromatic N) is 1. The highest BCUT2D eigenvalue weighted by Crippen LogP contribution is 2.57. The van der Waals surface area contributed by atoms with Crippen LogP contribution in [0.3, 0.4) is 0 Å². The Morgan fingerprint density at radius 3 is 2.57 bits per heavy atom. The minimum Gasteiger partial charge on any atom is -0.481 e. The van der Waals surface area contributed by atoms with Gasteiger partial charge < -0.3 is 10.3 Å². The molecule has 4 nitrogen and oxygen atoms in total. The van der Waals surface area contributed by atoms with Crippen LogP contribution < -0.4 is 0 Å². The molecule has 4 heteroatoms. The lowest BCUT2D eigenvalue weighted by Crippen LogP contribution is -2.52. The smallest absolute Gasteiger partial charge is 0.309 e. The fraction of sp³-hybridized carbons (Fsp3) is 0.667. The van der Waals surface area contributed by atoms with Crippen LogP contribution in [0, 0.1) is 11.3 Å². The van der Waals surface area contributed by atoms with E-state index in [1.807, 2.05) is 6.92 Å². The van der Waals surface area contributed by atoms with Gasteiger partial charge in [-0.2, -0.15) is 0 Å². The number of carboxylic acids is 1. The lowest BCUT2D eigenvalue weighted by molar-refractivity contribution is -0.157. The molecule has 2 aliphatic rings. The SMILES string of the molecule is CCCC(=NO)c1cc2c(cc1C(C)C)CC[C@H]1[C@](C)(C(=O)O)CCC[C@]21C. The van der Waals surface area contributed by atoms with E-state index in [0.717, 1.165) is 56.2 Å². The maximum Gasteiger partial charge on any atom is 0.309 e. The predicted octanol–water partition coefficient (Wildman–Crippen LogP) is 5.88. The topological polar surface area (TPSA) is 69.9 Å². The fourth-order valence-electron chi connectivity index (χ4n) is 5.99. The molecule has 154 valence electrons. The molecule has 2 aliphatic carbocycles. The van der Waals surface area contributed by atoms with Crippen LogP contribution in [-0.4, -0.2) is 22.0 Å². The maximum absolute atomic E-state index is 12.2. The zero-order valence-electron chi connectivity index (χ0n) is 18.0. The van der Waals surface area contributed by atoms with Crippen molar-refractivity contribution in [3.8, 4) is 0 Å². The van der Waals surface area contributed by atoms with Crippen molar-refractivity contribution in [3.05, 3.63) is 34.4 Å². The van der Waals surface area contributed by atoms with Gasteiger partial charge in [-0.3, -0.25) is 4.79 Å². The van der Waals surface area contributed by atoms with Gasteiger partial charge in [0, 0.05) is 5.56 Å². The van der Waals surface area contributed by atoms with Crippen molar-refractivity contribution < 1.29 is 15.1 Å². The molecule has 0 bridgehead atoms. The van der Waals surface area contributed by atoms with Crippen molar-refractivity contribution in [2.75, 3.05) is 0 Å². The number of fused-ring (bicyclic) bond motifs is 3. The summed E-state index contributed by atoms with van der Waals surface area (Å²) in [6.07, 6.45) is 6.23. The summed E-state index contributed by atoms with van der Waals surface area (Å²) in [6, 6.07) is 4.56. The average molecular weight is 386 g/mol. The van der Waals surface area contributed by atoms with Crippen molar-refractivity contribution >= 4 is 11.7 Å². The van der Waals surface area contributed by atoms with Crippen LogP contribution >= 0.6 is 0 Å². The standard InChI is InChI=1S/C24H35NO3/c1-6-8-20(25-28)18-14-19-16(13-17(18)15(2)3)9-10-21-23(19,4)11-7-12-24(21,5)22(26)27/h13-15,21,28H,6-12H2,1-5H3,(H,26,27)/t21-,23-,24-/m1/s1. The quantitative estimate of drug-likeness (QED) is 0.377. The van der Waals surface area contributed by atoms with Gasteiger partial charge in [0.05, 0.1) is 11.1 Å². The molecule has 0 spiro atoms. The molecule has 0 radical (unpaired) electrons. The molecule has 3 atom stereocenters. The van der Waals surface area contributed by atoms with Gasteiger partial charge in [-0.15, -0.1) is 0 Å². The predicted molar refractivity (Wildman–Crippen MR) is 113 cm³/mol. The number of aliphatic carboxylic acids is 1. The van der Waals surface area contributed by atoms with E-state index < -0.39 is 11.4 Å². The van der Waals surface area contributed by atoms with Gasteiger partial charge in [-0.25, -0.2) is 0 Å². The third-order valence-corrected chi connectivity index (χ3v) is 7.55. The summed E-state index contributed by atoms with van der Waals surface area (Å²) in [5.41, 5.74) is 4.86. The van der Waals surface area contributed by atoms with Crippen LogP contribution in [0.1, 0.15) is 101 Å². The normalized spacial score (nSPS) is 30.1. The molecule has 0 saturated heterocycles. The van der Waals surface area contributed by atoms with Crippen molar-refractivity contribution in [2.45, 2.75) is 90.9 Å². The molecule has 2 N–H and O–H groups in total. The Morgan fingerprint density at radius 1 is 1.29 bits per heavy atom. The van der Waals surface area contributed by atoms with E-state index in [1.54, 1.807) is 0 Å². The molecule has 0 unspecified atom stereocenters. The van der Waals surface area contributed by atoms with E-state index in [4.69, 9.17) is 0 Å². The van der Waals surface area contributed by atoms with Gasteiger partial charge in [0.1, 0.15) is 0 Å². The van der Waals surface area contributed by atoms with Gasteiger partial charge in [-0.05, 0) is 79.0 Å². The molecular formula is C24H35NO3. The first-order valence-corrected chi connectivity index (χ1v) is 10.8. The minimum atomic E-state index is -0.668. The zero-order chi connectivity index (χ0) is 20.7. The molecule has 0 heterocycles. The number of aryl methyl sites for hydroxylation is 1. The molecule has 1 aromatic rings. The van der Waals surface area contributed by atoms with Crippen LogP contribution in [0.15, 0.2) is 17.3 Å². The Morgan fingerprint density at radius 2 is 2.00 bits per heavy atom. The average Bonchev–Trinajstić information content (AvgIpc) is 2.65. The van der Waals surface area contributed by atoms with Crippen molar-refractivity contribution in [2.24, 2.45) is 16.5 Å². The number of rotatable bonds is 5. The van der Waals surface area contributed by atoms with Crippen molar-refractivity contribution in [1.82, 2.24) is 0 Å². The highest BCUT2D eigenvalue weighted by atomic mass is 16.4. The number of hydrogen-bond donors (Lipinski definition) is 2. The van der Waals surface area contributed by atoms with Gasteiger partial charge in [0.2, 0.25) is 0 Å². The Labute approximate surface area is 169 Å². The zero-order valence-corrected chi connectivity index (χ0v) is 18.0. The van der Waals surface area contributed by atoms with Crippen LogP contribution in [0.25, 0.3) is 0 Å². The van der Waals surface area contributed by atoms with E-state index in [1.165, 1.54) is 16.7 Å². The van der Waals surface area contributed by atoms with Crippen molar-refractivity contribution in [3.63, 3.8) is 0 Å². The van der Waals surface area contributed by atoms with Crippen LogP contribution in [0.2, 0.25) is 0 Å². The third-order valence-electron chi connectivity index (χ3n) is 7.55. The summed E-state index contributed by atoms with van der Waals surface area (Å²) in [7, 11) is 0. The first-order valence-electron chi connectivity index (χ1n) is 10.8. The molecule has 1 aromatic carbocycles.